The first-order valence-corrected chi connectivity index (χ1v) is 9.79. The molecule has 0 unspecified atom stereocenters. The van der Waals surface area contributed by atoms with Gasteiger partial charge in [0.1, 0.15) is 4.29 Å². The Hall–Kier alpha value is 2.15. The summed E-state index contributed by atoms with van der Waals surface area (Å²) in [6.45, 7) is 0.672. The molecule has 0 spiro atoms. The molecular weight excluding hydrogens is 636 g/mol. The van der Waals surface area contributed by atoms with Gasteiger partial charge in [-0.15, -0.1) is 0 Å². The Morgan fingerprint density at radius 2 is 1.11 bits per heavy atom. The van der Waals surface area contributed by atoms with Crippen molar-refractivity contribution < 1.29 is 14.3 Å². The molecule has 0 amide bonds. The van der Waals surface area contributed by atoms with Gasteiger partial charge in [0.05, 0.1) is 13.2 Å². The van der Waals surface area contributed by atoms with Crippen molar-refractivity contribution in [2.45, 2.75) is 30.0 Å². The Morgan fingerprint density at radius 1 is 0.778 bits per heavy atom. The van der Waals surface area contributed by atoms with Gasteiger partial charge in [0.15, 0.2) is 0 Å². The Kier molecular flexibility index (Phi) is 11.2. The molecule has 0 bridgehead atoms. The van der Waals surface area contributed by atoms with E-state index in [0.29, 0.717) is 13.2 Å². The second-order valence-corrected chi connectivity index (χ2v) is 17.9. The number of ether oxygens (including phenoxy) is 2. The first-order valence-electron chi connectivity index (χ1n) is 5.03. The molecule has 0 saturated heterocycles. The standard InChI is InChI=1S/C9H12Br6O3/c10-8(11,12)3-1-5-17-7(16)18-6-2-4-9(13,14)15/h1-6H2. The maximum Gasteiger partial charge on any atom is 0.508 e. The van der Waals surface area contributed by atoms with E-state index in [-0.39, 0.29) is 4.29 Å². The molecule has 0 N–H and O–H groups in total. The van der Waals surface area contributed by atoms with E-state index in [9.17, 15) is 4.79 Å². The lowest BCUT2D eigenvalue weighted by Crippen LogP contribution is -2.12. The fourth-order valence-electron chi connectivity index (χ4n) is 0.898. The van der Waals surface area contributed by atoms with Crippen LogP contribution in [0.25, 0.3) is 0 Å². The first-order chi connectivity index (χ1) is 8.10. The average Bonchev–Trinajstić information content (AvgIpc) is 2.17. The molecule has 0 aromatic heterocycles. The summed E-state index contributed by atoms with van der Waals surface area (Å²) in [7, 11) is 0. The van der Waals surface area contributed by atoms with Crippen molar-refractivity contribution in [2.75, 3.05) is 13.2 Å². The van der Waals surface area contributed by atoms with Gasteiger partial charge >= 0.3 is 6.16 Å². The summed E-state index contributed by atoms with van der Waals surface area (Å²) in [5.41, 5.74) is 0. The van der Waals surface area contributed by atoms with Crippen molar-refractivity contribution in [3.8, 4) is 0 Å². The smallest absolute Gasteiger partial charge is 0.434 e. The number of alkyl halides is 6. The normalized spacial score (nSPS) is 12.3. The van der Waals surface area contributed by atoms with E-state index in [1.165, 1.54) is 0 Å². The average molecular weight is 648 g/mol. The number of halogens is 6. The zero-order valence-electron chi connectivity index (χ0n) is 9.24. The van der Waals surface area contributed by atoms with E-state index in [4.69, 9.17) is 9.47 Å². The summed E-state index contributed by atoms with van der Waals surface area (Å²) in [4.78, 5) is 11.2. The van der Waals surface area contributed by atoms with Crippen LogP contribution >= 0.6 is 95.6 Å². The van der Waals surface area contributed by atoms with Crippen LogP contribution in [0.1, 0.15) is 25.7 Å². The highest BCUT2D eigenvalue weighted by Gasteiger charge is 2.18. The van der Waals surface area contributed by atoms with Gasteiger partial charge in [0.25, 0.3) is 0 Å². The van der Waals surface area contributed by atoms with Gasteiger partial charge in [-0.1, -0.05) is 95.6 Å². The van der Waals surface area contributed by atoms with Crippen LogP contribution in [0.3, 0.4) is 0 Å². The third-order valence-corrected chi connectivity index (χ3v) is 4.03. The van der Waals surface area contributed by atoms with Gasteiger partial charge in [-0.25, -0.2) is 4.79 Å². The molecule has 0 aromatic rings. The lowest BCUT2D eigenvalue weighted by Gasteiger charge is -2.12. The van der Waals surface area contributed by atoms with Crippen LogP contribution in [0.5, 0.6) is 0 Å². The van der Waals surface area contributed by atoms with E-state index >= 15 is 0 Å². The monoisotopic (exact) mass is 642 g/mol. The van der Waals surface area contributed by atoms with Gasteiger partial charge in [-0.05, 0) is 25.7 Å². The van der Waals surface area contributed by atoms with Gasteiger partial charge in [-0.3, -0.25) is 0 Å². The van der Waals surface area contributed by atoms with Gasteiger partial charge in [0, 0.05) is 0 Å². The quantitative estimate of drug-likeness (QED) is 0.191. The molecule has 0 fully saturated rings. The molecule has 0 aliphatic heterocycles. The fraction of sp³-hybridized carbons (Fsp3) is 0.889. The summed E-state index contributed by atoms with van der Waals surface area (Å²) >= 11 is 20.2. The van der Waals surface area contributed by atoms with Crippen molar-refractivity contribution in [1.29, 1.82) is 0 Å². The van der Waals surface area contributed by atoms with E-state index in [1.54, 1.807) is 0 Å². The Labute approximate surface area is 157 Å². The number of hydrogen-bond donors (Lipinski definition) is 0. The van der Waals surface area contributed by atoms with Crippen molar-refractivity contribution in [3.63, 3.8) is 0 Å². The molecule has 0 aliphatic rings. The third-order valence-electron chi connectivity index (χ3n) is 1.65. The highest BCUT2D eigenvalue weighted by atomic mass is 80.0. The van der Waals surface area contributed by atoms with E-state index in [2.05, 4.69) is 95.6 Å². The molecule has 0 rings (SSSR count). The Morgan fingerprint density at radius 3 is 1.39 bits per heavy atom. The van der Waals surface area contributed by atoms with Crippen LogP contribution in [-0.4, -0.2) is 23.7 Å². The highest BCUT2D eigenvalue weighted by molar-refractivity contribution is 9.39. The second kappa shape index (κ2) is 9.97. The summed E-state index contributed by atoms with van der Waals surface area (Å²) in [5, 5.41) is 0. The minimum absolute atomic E-state index is 0.286. The van der Waals surface area contributed by atoms with Crippen LogP contribution in [0.4, 0.5) is 4.79 Å². The molecule has 108 valence electrons. The molecule has 0 aliphatic carbocycles. The fourth-order valence-corrected chi connectivity index (χ4v) is 2.58. The molecule has 0 atom stereocenters. The van der Waals surface area contributed by atoms with Crippen molar-refractivity contribution in [3.05, 3.63) is 0 Å². The Bertz CT molecular complexity index is 224. The zero-order chi connectivity index (χ0) is 14.2. The van der Waals surface area contributed by atoms with E-state index < -0.39 is 6.16 Å². The zero-order valence-corrected chi connectivity index (χ0v) is 18.8. The van der Waals surface area contributed by atoms with Crippen LogP contribution in [0.2, 0.25) is 0 Å². The van der Waals surface area contributed by atoms with Crippen LogP contribution in [0.15, 0.2) is 0 Å². The van der Waals surface area contributed by atoms with Crippen molar-refractivity contribution in [2.24, 2.45) is 0 Å². The van der Waals surface area contributed by atoms with Gasteiger partial charge < -0.3 is 9.47 Å². The topological polar surface area (TPSA) is 35.5 Å². The molecule has 0 radical (unpaired) electrons. The van der Waals surface area contributed by atoms with E-state index in [0.717, 1.165) is 25.7 Å². The van der Waals surface area contributed by atoms with Gasteiger partial charge in [0.2, 0.25) is 0 Å². The predicted octanol–water partition coefficient (Wildman–Crippen LogP) is 6.38. The number of rotatable bonds is 6. The summed E-state index contributed by atoms with van der Waals surface area (Å²) in [6.07, 6.45) is 2.39. The van der Waals surface area contributed by atoms with Crippen LogP contribution in [-0.2, 0) is 9.47 Å². The van der Waals surface area contributed by atoms with Crippen LogP contribution < -0.4 is 0 Å². The third kappa shape index (κ3) is 16.2. The Balaban J connectivity index is 3.44. The molecular formula is C9H12Br6O3. The maximum absolute atomic E-state index is 11.2. The minimum atomic E-state index is -0.622. The minimum Gasteiger partial charge on any atom is -0.434 e. The maximum atomic E-state index is 11.2. The molecule has 18 heavy (non-hydrogen) atoms. The molecule has 0 heterocycles. The SMILES string of the molecule is O=C(OCCCC(Br)(Br)Br)OCCCC(Br)(Br)Br. The second-order valence-electron chi connectivity index (χ2n) is 3.38. The summed E-state index contributed by atoms with van der Waals surface area (Å²) in [6, 6.07) is 0. The molecule has 9 heteroatoms. The lowest BCUT2D eigenvalue weighted by molar-refractivity contribution is 0.0534. The van der Waals surface area contributed by atoms with Crippen molar-refractivity contribution in [1.82, 2.24) is 0 Å². The number of hydrogen-bond acceptors (Lipinski definition) is 3. The molecule has 0 saturated carbocycles. The summed E-state index contributed by atoms with van der Waals surface area (Å²) < 4.78 is 9.25. The first kappa shape index (κ1) is 20.1. The number of carbonyl (C=O) groups is 1. The predicted molar refractivity (Wildman–Crippen MR) is 94.8 cm³/mol. The molecule has 3 nitrogen and oxygen atoms in total. The lowest BCUT2D eigenvalue weighted by atomic mass is 10.4. The van der Waals surface area contributed by atoms with Crippen molar-refractivity contribution >= 4 is 102 Å². The number of carbonyl (C=O) groups excluding carboxylic acids is 1. The largest absolute Gasteiger partial charge is 0.508 e. The summed E-state index contributed by atoms with van der Waals surface area (Å²) in [5.74, 6) is 0. The van der Waals surface area contributed by atoms with E-state index in [1.807, 2.05) is 0 Å². The van der Waals surface area contributed by atoms with Crippen LogP contribution in [0, 0.1) is 0 Å². The van der Waals surface area contributed by atoms with Gasteiger partial charge in [-0.2, -0.15) is 0 Å². The molecule has 0 aromatic carbocycles. The highest BCUT2D eigenvalue weighted by Crippen LogP contribution is 2.38.